The molecule has 0 fully saturated rings. The lowest BCUT2D eigenvalue weighted by molar-refractivity contribution is 0.252. The zero-order valence-corrected chi connectivity index (χ0v) is 14.4. The molecule has 128 valence electrons. The van der Waals surface area contributed by atoms with Crippen molar-refractivity contribution >= 4 is 21.7 Å². The third-order valence-corrected chi connectivity index (χ3v) is 4.64. The number of ether oxygens (including phenoxy) is 1. The van der Waals surface area contributed by atoms with Gasteiger partial charge in [-0.05, 0) is 24.6 Å². The molecule has 2 N–H and O–H groups in total. The van der Waals surface area contributed by atoms with Crippen LogP contribution in [0.3, 0.4) is 0 Å². The van der Waals surface area contributed by atoms with Crippen molar-refractivity contribution in [2.45, 2.75) is 6.92 Å². The van der Waals surface area contributed by atoms with E-state index in [1.165, 1.54) is 14.1 Å². The largest absolute Gasteiger partial charge is 0.487 e. The Labute approximate surface area is 137 Å². The highest BCUT2D eigenvalue weighted by atomic mass is 32.2. The summed E-state index contributed by atoms with van der Waals surface area (Å²) in [5.41, 5.74) is 1.36. The Kier molecular flexibility index (Phi) is 7.05. The van der Waals surface area contributed by atoms with Gasteiger partial charge in [0.15, 0.2) is 0 Å². The van der Waals surface area contributed by atoms with E-state index in [0.29, 0.717) is 18.0 Å². The van der Waals surface area contributed by atoms with E-state index >= 15 is 0 Å². The number of para-hydroxylation sites is 2. The number of carbonyl (C=O) groups excluding carboxylic acids is 1. The van der Waals surface area contributed by atoms with Crippen molar-refractivity contribution in [1.82, 2.24) is 9.62 Å². The fraction of sp³-hybridized carbons (Fsp3) is 0.400. The van der Waals surface area contributed by atoms with Crippen LogP contribution in [-0.2, 0) is 10.0 Å². The Balaban J connectivity index is 2.56. The second-order valence-corrected chi connectivity index (χ2v) is 7.52. The Morgan fingerprint density at radius 2 is 1.96 bits per heavy atom. The molecule has 0 aromatic heterocycles. The summed E-state index contributed by atoms with van der Waals surface area (Å²) in [5, 5.41) is 5.14. The number of hydrogen-bond donors (Lipinski definition) is 2. The van der Waals surface area contributed by atoms with Gasteiger partial charge in [-0.25, -0.2) is 17.5 Å². The van der Waals surface area contributed by atoms with Crippen molar-refractivity contribution in [2.24, 2.45) is 0 Å². The van der Waals surface area contributed by atoms with Gasteiger partial charge in [0, 0.05) is 20.6 Å². The summed E-state index contributed by atoms with van der Waals surface area (Å²) in [5.74, 6) is 0.355. The predicted octanol–water partition coefficient (Wildman–Crippen LogP) is 1.65. The molecular formula is C15H23N3O4S. The average Bonchev–Trinajstić information content (AvgIpc) is 2.45. The molecule has 0 saturated carbocycles. The van der Waals surface area contributed by atoms with Crippen LogP contribution in [0.25, 0.3) is 0 Å². The summed E-state index contributed by atoms with van der Waals surface area (Å²) in [6.45, 7) is 5.96. The first-order valence-corrected chi connectivity index (χ1v) is 8.64. The molecular weight excluding hydrogens is 318 g/mol. The quantitative estimate of drug-likeness (QED) is 0.704. The number of benzene rings is 1. The van der Waals surface area contributed by atoms with Crippen LogP contribution in [0.1, 0.15) is 6.92 Å². The number of amides is 2. The Morgan fingerprint density at radius 1 is 1.30 bits per heavy atom. The number of nitrogens with one attached hydrogen (secondary N) is 2. The smallest absolute Gasteiger partial charge is 0.319 e. The molecule has 0 atom stereocenters. The topological polar surface area (TPSA) is 87.7 Å². The van der Waals surface area contributed by atoms with Gasteiger partial charge in [-0.1, -0.05) is 18.7 Å². The average molecular weight is 341 g/mol. The number of carbonyl (C=O) groups is 1. The molecule has 0 saturated heterocycles. The third kappa shape index (κ3) is 6.70. The summed E-state index contributed by atoms with van der Waals surface area (Å²) in [6, 6.07) is 6.49. The number of anilines is 1. The fourth-order valence-electron chi connectivity index (χ4n) is 1.54. The van der Waals surface area contributed by atoms with Crippen LogP contribution in [0.2, 0.25) is 0 Å². The number of rotatable bonds is 8. The van der Waals surface area contributed by atoms with Crippen molar-refractivity contribution in [3.63, 3.8) is 0 Å². The Bertz CT molecular complexity index is 656. The minimum absolute atomic E-state index is 0.0150. The standard InChI is InChI=1S/C15H23N3O4S/c1-12(2)11-22-14-8-6-5-7-13(14)17-15(19)16-9-10-23(20,21)18(3)4/h5-8H,1,9-11H2,2-4H3,(H2,16,17,19). The monoisotopic (exact) mass is 341 g/mol. The van der Waals surface area contributed by atoms with Crippen LogP contribution >= 0.6 is 0 Å². The molecule has 1 aromatic carbocycles. The van der Waals surface area contributed by atoms with E-state index in [0.717, 1.165) is 9.88 Å². The first-order chi connectivity index (χ1) is 10.7. The van der Waals surface area contributed by atoms with Crippen molar-refractivity contribution in [2.75, 3.05) is 38.3 Å². The van der Waals surface area contributed by atoms with Crippen molar-refractivity contribution in [1.29, 1.82) is 0 Å². The van der Waals surface area contributed by atoms with Crippen LogP contribution in [0.15, 0.2) is 36.4 Å². The highest BCUT2D eigenvalue weighted by molar-refractivity contribution is 7.89. The van der Waals surface area contributed by atoms with Gasteiger partial charge in [-0.2, -0.15) is 0 Å². The second-order valence-electron chi connectivity index (χ2n) is 5.22. The maximum Gasteiger partial charge on any atom is 0.319 e. The lowest BCUT2D eigenvalue weighted by Crippen LogP contribution is -2.36. The molecule has 0 aliphatic rings. The molecule has 0 aliphatic carbocycles. The van der Waals surface area contributed by atoms with Gasteiger partial charge in [-0.15, -0.1) is 0 Å². The second kappa shape index (κ2) is 8.54. The third-order valence-electron chi connectivity index (χ3n) is 2.81. The van der Waals surface area contributed by atoms with Gasteiger partial charge in [0.1, 0.15) is 12.4 Å². The van der Waals surface area contributed by atoms with Gasteiger partial charge in [0.2, 0.25) is 10.0 Å². The van der Waals surface area contributed by atoms with Crippen LogP contribution in [0, 0.1) is 0 Å². The molecule has 0 aliphatic heterocycles. The van der Waals surface area contributed by atoms with Crippen LogP contribution < -0.4 is 15.4 Å². The van der Waals surface area contributed by atoms with Crippen LogP contribution in [0.5, 0.6) is 5.75 Å². The van der Waals surface area contributed by atoms with Gasteiger partial charge >= 0.3 is 6.03 Å². The number of hydrogen-bond acceptors (Lipinski definition) is 4. The molecule has 0 unspecified atom stereocenters. The van der Waals surface area contributed by atoms with Crippen molar-refractivity contribution in [3.8, 4) is 5.75 Å². The minimum Gasteiger partial charge on any atom is -0.487 e. The molecule has 0 heterocycles. The van der Waals surface area contributed by atoms with Crippen molar-refractivity contribution < 1.29 is 17.9 Å². The summed E-state index contributed by atoms with van der Waals surface area (Å²) in [7, 11) is -0.439. The Hall–Kier alpha value is -2.06. The van der Waals surface area contributed by atoms with Gasteiger partial charge < -0.3 is 15.4 Å². The van der Waals surface area contributed by atoms with Crippen molar-refractivity contribution in [3.05, 3.63) is 36.4 Å². The molecule has 23 heavy (non-hydrogen) atoms. The first kappa shape index (κ1) is 19.0. The molecule has 1 aromatic rings. The van der Waals surface area contributed by atoms with E-state index in [1.807, 2.05) is 6.92 Å². The van der Waals surface area contributed by atoms with E-state index in [2.05, 4.69) is 17.2 Å². The molecule has 8 heteroatoms. The molecule has 0 bridgehead atoms. The first-order valence-electron chi connectivity index (χ1n) is 7.03. The lowest BCUT2D eigenvalue weighted by Gasteiger charge is -2.14. The van der Waals surface area contributed by atoms with Crippen LogP contribution in [-0.4, -0.2) is 51.8 Å². The highest BCUT2D eigenvalue weighted by Gasteiger charge is 2.14. The van der Waals surface area contributed by atoms with E-state index < -0.39 is 16.1 Å². The predicted molar refractivity (Wildman–Crippen MR) is 91.2 cm³/mol. The fourth-order valence-corrected chi connectivity index (χ4v) is 2.26. The van der Waals surface area contributed by atoms with Gasteiger partial charge in [0.25, 0.3) is 0 Å². The van der Waals surface area contributed by atoms with E-state index in [9.17, 15) is 13.2 Å². The zero-order valence-electron chi connectivity index (χ0n) is 13.6. The number of sulfonamides is 1. The van der Waals surface area contributed by atoms with E-state index in [1.54, 1.807) is 24.3 Å². The van der Waals surface area contributed by atoms with Gasteiger partial charge in [0.05, 0.1) is 11.4 Å². The maximum atomic E-state index is 11.9. The highest BCUT2D eigenvalue weighted by Crippen LogP contribution is 2.23. The summed E-state index contributed by atoms with van der Waals surface area (Å²) < 4.78 is 29.9. The SMILES string of the molecule is C=C(C)COc1ccccc1NC(=O)NCCS(=O)(=O)N(C)C. The normalized spacial score (nSPS) is 11.1. The van der Waals surface area contributed by atoms with Crippen LogP contribution in [0.4, 0.5) is 10.5 Å². The molecule has 7 nitrogen and oxygen atoms in total. The lowest BCUT2D eigenvalue weighted by atomic mass is 10.3. The van der Waals surface area contributed by atoms with E-state index in [4.69, 9.17) is 4.74 Å². The van der Waals surface area contributed by atoms with Gasteiger partial charge in [-0.3, -0.25) is 0 Å². The minimum atomic E-state index is -3.34. The summed E-state index contributed by atoms with van der Waals surface area (Å²) in [4.78, 5) is 11.9. The molecule has 0 radical (unpaired) electrons. The summed E-state index contributed by atoms with van der Waals surface area (Å²) in [6.07, 6.45) is 0. The molecule has 2 amide bonds. The summed E-state index contributed by atoms with van der Waals surface area (Å²) >= 11 is 0. The molecule has 1 rings (SSSR count). The number of urea groups is 1. The maximum absolute atomic E-state index is 11.9. The molecule has 0 spiro atoms. The Morgan fingerprint density at radius 3 is 2.57 bits per heavy atom. The zero-order chi connectivity index (χ0) is 17.5. The van der Waals surface area contributed by atoms with E-state index in [-0.39, 0.29) is 12.3 Å². The number of nitrogens with zero attached hydrogens (tertiary/aromatic N) is 1.